The van der Waals surface area contributed by atoms with Gasteiger partial charge >= 0.3 is 0 Å². The minimum absolute atomic E-state index is 0.0604. The maximum atomic E-state index is 12.9. The lowest BCUT2D eigenvalue weighted by Gasteiger charge is -2.43. The van der Waals surface area contributed by atoms with E-state index in [0.29, 0.717) is 18.7 Å². The molecule has 2 atom stereocenters. The molecule has 1 aromatic carbocycles. The van der Waals surface area contributed by atoms with Crippen molar-refractivity contribution in [1.29, 1.82) is 0 Å². The van der Waals surface area contributed by atoms with Crippen LogP contribution in [0.3, 0.4) is 0 Å². The van der Waals surface area contributed by atoms with Crippen LogP contribution >= 0.6 is 0 Å². The van der Waals surface area contributed by atoms with E-state index < -0.39 is 10.5 Å². The van der Waals surface area contributed by atoms with Crippen LogP contribution < -0.4 is 5.56 Å². The van der Waals surface area contributed by atoms with Crippen LogP contribution in [0.1, 0.15) is 25.7 Å². The number of morpholine rings is 1. The van der Waals surface area contributed by atoms with Crippen molar-refractivity contribution >= 4 is 22.5 Å². The highest BCUT2D eigenvalue weighted by molar-refractivity contribution is 5.81. The number of ether oxygens (including phenoxy) is 1. The van der Waals surface area contributed by atoms with Gasteiger partial charge in [0, 0.05) is 18.7 Å². The van der Waals surface area contributed by atoms with E-state index in [9.17, 15) is 19.7 Å². The number of hydrogen-bond acceptors (Lipinski definition) is 6. The van der Waals surface area contributed by atoms with Gasteiger partial charge < -0.3 is 9.64 Å². The Hall–Kier alpha value is -2.81. The maximum absolute atomic E-state index is 12.9. The largest absolute Gasteiger partial charge is 0.374 e. The van der Waals surface area contributed by atoms with Gasteiger partial charge in [0.1, 0.15) is 6.54 Å². The third kappa shape index (κ3) is 3.30. The Morgan fingerprint density at radius 3 is 2.96 bits per heavy atom. The number of fused-ring (bicyclic) bond motifs is 2. The maximum Gasteiger partial charge on any atom is 0.270 e. The van der Waals surface area contributed by atoms with E-state index >= 15 is 0 Å². The normalized spacial score (nSPS) is 22.4. The number of amides is 1. The Kier molecular flexibility index (Phi) is 4.61. The summed E-state index contributed by atoms with van der Waals surface area (Å²) in [5.41, 5.74) is -0.262. The van der Waals surface area contributed by atoms with Gasteiger partial charge in [-0.3, -0.25) is 24.3 Å². The first kappa shape index (κ1) is 17.6. The summed E-state index contributed by atoms with van der Waals surface area (Å²) >= 11 is 0. The van der Waals surface area contributed by atoms with Crippen LogP contribution in [0.15, 0.2) is 29.3 Å². The first-order chi connectivity index (χ1) is 13.0. The highest BCUT2D eigenvalue weighted by atomic mass is 16.6. The molecule has 0 bridgehead atoms. The Bertz CT molecular complexity index is 954. The molecule has 1 saturated carbocycles. The molecule has 9 nitrogen and oxygen atoms in total. The van der Waals surface area contributed by atoms with Crippen molar-refractivity contribution in [3.05, 3.63) is 45.0 Å². The standard InChI is InChI=1S/C18H20N4O5/c23-17(21-7-8-27-16-4-2-1-3-15(16)21)10-20-11-19-14-6-5-12(22(25)26)9-13(14)18(20)24/h5-6,9,11,15-16H,1-4,7-8,10H2. The predicted molar refractivity (Wildman–Crippen MR) is 96.4 cm³/mol. The number of rotatable bonds is 3. The molecule has 142 valence electrons. The van der Waals surface area contributed by atoms with Crippen molar-refractivity contribution in [1.82, 2.24) is 14.5 Å². The Labute approximate surface area is 154 Å². The van der Waals surface area contributed by atoms with Gasteiger partial charge in [-0.1, -0.05) is 12.8 Å². The smallest absolute Gasteiger partial charge is 0.270 e. The number of non-ortho nitro benzene ring substituents is 1. The minimum Gasteiger partial charge on any atom is -0.374 e. The van der Waals surface area contributed by atoms with Crippen LogP contribution in [0.4, 0.5) is 5.69 Å². The van der Waals surface area contributed by atoms with Gasteiger partial charge in [-0.05, 0) is 18.9 Å². The van der Waals surface area contributed by atoms with Crippen LogP contribution in [0, 0.1) is 10.1 Å². The lowest BCUT2D eigenvalue weighted by atomic mass is 9.90. The number of hydrogen-bond donors (Lipinski definition) is 0. The van der Waals surface area contributed by atoms with Crippen molar-refractivity contribution in [2.45, 2.75) is 44.4 Å². The molecule has 0 spiro atoms. The number of benzene rings is 1. The van der Waals surface area contributed by atoms with Crippen molar-refractivity contribution in [3.63, 3.8) is 0 Å². The predicted octanol–water partition coefficient (Wildman–Crippen LogP) is 1.47. The van der Waals surface area contributed by atoms with Gasteiger partial charge in [0.25, 0.3) is 11.2 Å². The molecule has 1 aliphatic carbocycles. The molecule has 9 heteroatoms. The van der Waals surface area contributed by atoms with Gasteiger partial charge in [-0.15, -0.1) is 0 Å². The zero-order valence-corrected chi connectivity index (χ0v) is 14.7. The SMILES string of the molecule is O=C(Cn1cnc2ccc([N+](=O)[O-])cc2c1=O)N1CCOC2CCCCC21. The molecule has 2 aliphatic rings. The molecule has 2 fully saturated rings. The number of nitro benzene ring substituents is 1. The van der Waals surface area contributed by atoms with E-state index in [1.807, 2.05) is 4.90 Å². The topological polar surface area (TPSA) is 108 Å². The molecule has 2 heterocycles. The van der Waals surface area contributed by atoms with Crippen molar-refractivity contribution in [3.8, 4) is 0 Å². The molecule has 1 aromatic heterocycles. The summed E-state index contributed by atoms with van der Waals surface area (Å²) in [5.74, 6) is -0.149. The second-order valence-electron chi connectivity index (χ2n) is 6.98. The van der Waals surface area contributed by atoms with E-state index in [1.54, 1.807) is 0 Å². The van der Waals surface area contributed by atoms with Crippen LogP contribution in [0.5, 0.6) is 0 Å². The fourth-order valence-corrected chi connectivity index (χ4v) is 4.02. The Balaban J connectivity index is 1.60. The van der Waals surface area contributed by atoms with Gasteiger partial charge in [-0.2, -0.15) is 0 Å². The molecule has 27 heavy (non-hydrogen) atoms. The monoisotopic (exact) mass is 372 g/mol. The molecule has 1 amide bonds. The second kappa shape index (κ2) is 7.07. The third-order valence-electron chi connectivity index (χ3n) is 5.38. The summed E-state index contributed by atoms with van der Waals surface area (Å²) in [6, 6.07) is 4.01. The van der Waals surface area contributed by atoms with Crippen LogP contribution in [0.25, 0.3) is 10.9 Å². The molecule has 0 N–H and O–H groups in total. The summed E-state index contributed by atoms with van der Waals surface area (Å²) in [5, 5.41) is 11.1. The van der Waals surface area contributed by atoms with E-state index in [-0.39, 0.29) is 35.7 Å². The average molecular weight is 372 g/mol. The molecular formula is C18H20N4O5. The fraction of sp³-hybridized carbons (Fsp3) is 0.500. The molecule has 1 aliphatic heterocycles. The Morgan fingerprint density at radius 2 is 2.15 bits per heavy atom. The summed E-state index contributed by atoms with van der Waals surface area (Å²) in [7, 11) is 0. The first-order valence-electron chi connectivity index (χ1n) is 9.09. The fourth-order valence-electron chi connectivity index (χ4n) is 4.02. The number of carbonyl (C=O) groups excluding carboxylic acids is 1. The van der Waals surface area contributed by atoms with E-state index in [4.69, 9.17) is 4.74 Å². The molecule has 2 unspecified atom stereocenters. The van der Waals surface area contributed by atoms with E-state index in [1.165, 1.54) is 29.1 Å². The number of nitro groups is 1. The lowest BCUT2D eigenvalue weighted by Crippen LogP contribution is -2.55. The van der Waals surface area contributed by atoms with Gasteiger partial charge in [0.05, 0.1) is 40.9 Å². The van der Waals surface area contributed by atoms with Crippen molar-refractivity contribution in [2.75, 3.05) is 13.2 Å². The summed E-state index contributed by atoms with van der Waals surface area (Å²) in [6.07, 6.45) is 5.44. The zero-order chi connectivity index (χ0) is 19.0. The highest BCUT2D eigenvalue weighted by Crippen LogP contribution is 2.28. The minimum atomic E-state index is -0.557. The van der Waals surface area contributed by atoms with Gasteiger partial charge in [-0.25, -0.2) is 4.98 Å². The van der Waals surface area contributed by atoms with Crippen LogP contribution in [-0.2, 0) is 16.1 Å². The second-order valence-corrected chi connectivity index (χ2v) is 6.98. The molecule has 4 rings (SSSR count). The van der Waals surface area contributed by atoms with Crippen molar-refractivity contribution < 1.29 is 14.5 Å². The van der Waals surface area contributed by atoms with E-state index in [0.717, 1.165) is 25.7 Å². The first-order valence-corrected chi connectivity index (χ1v) is 9.09. The van der Waals surface area contributed by atoms with Crippen LogP contribution in [-0.4, -0.2) is 50.6 Å². The van der Waals surface area contributed by atoms with E-state index in [2.05, 4.69) is 4.98 Å². The molecule has 2 aromatic rings. The molecule has 1 saturated heterocycles. The van der Waals surface area contributed by atoms with Gasteiger partial charge in [0.2, 0.25) is 5.91 Å². The molecule has 0 radical (unpaired) electrons. The van der Waals surface area contributed by atoms with Gasteiger partial charge in [0.15, 0.2) is 0 Å². The number of carbonyl (C=O) groups is 1. The summed E-state index contributed by atoms with van der Waals surface area (Å²) < 4.78 is 7.01. The summed E-state index contributed by atoms with van der Waals surface area (Å²) in [4.78, 5) is 42.0. The highest BCUT2D eigenvalue weighted by Gasteiger charge is 2.36. The zero-order valence-electron chi connectivity index (χ0n) is 14.7. The average Bonchev–Trinajstić information content (AvgIpc) is 2.69. The number of nitrogens with zero attached hydrogens (tertiary/aromatic N) is 4. The molecular weight excluding hydrogens is 352 g/mol. The van der Waals surface area contributed by atoms with Crippen molar-refractivity contribution in [2.24, 2.45) is 0 Å². The summed E-state index contributed by atoms with van der Waals surface area (Å²) in [6.45, 7) is 0.888. The lowest BCUT2D eigenvalue weighted by molar-refractivity contribution is -0.384. The number of aromatic nitrogens is 2. The third-order valence-corrected chi connectivity index (χ3v) is 5.38. The quantitative estimate of drug-likeness (QED) is 0.596. The van der Waals surface area contributed by atoms with Crippen LogP contribution in [0.2, 0.25) is 0 Å². The Morgan fingerprint density at radius 1 is 1.33 bits per heavy atom.